The van der Waals surface area contributed by atoms with Crippen molar-refractivity contribution in [3.8, 4) is 0 Å². The molecular formula is C26H46O2. The molecule has 0 saturated heterocycles. The molecule has 0 aromatic rings. The van der Waals surface area contributed by atoms with Gasteiger partial charge in [-0.2, -0.15) is 0 Å². The highest BCUT2D eigenvalue weighted by atomic mass is 16.3. The molecule has 4 saturated carbocycles. The van der Waals surface area contributed by atoms with Crippen LogP contribution in [0.4, 0.5) is 0 Å². The second-order valence-corrected chi connectivity index (χ2v) is 11.9. The van der Waals surface area contributed by atoms with Gasteiger partial charge in [0.05, 0.1) is 12.2 Å². The highest BCUT2D eigenvalue weighted by Gasteiger charge is 2.64. The molecule has 0 spiro atoms. The smallest absolute Gasteiger partial charge is 0.0605 e. The Hall–Kier alpha value is -0.0800. The Morgan fingerprint density at radius 1 is 0.893 bits per heavy atom. The van der Waals surface area contributed by atoms with Gasteiger partial charge in [-0.05, 0) is 97.2 Å². The quantitative estimate of drug-likeness (QED) is 0.613. The van der Waals surface area contributed by atoms with E-state index in [4.69, 9.17) is 0 Å². The molecule has 4 rings (SSSR count). The molecular weight excluding hydrogens is 344 g/mol. The van der Waals surface area contributed by atoms with Gasteiger partial charge in [0.15, 0.2) is 0 Å². The first-order chi connectivity index (χ1) is 13.3. The molecule has 0 aromatic carbocycles. The van der Waals surface area contributed by atoms with E-state index >= 15 is 0 Å². The molecule has 11 atom stereocenters. The van der Waals surface area contributed by atoms with Crippen LogP contribution in [-0.4, -0.2) is 22.4 Å². The Labute approximate surface area is 173 Å². The summed E-state index contributed by atoms with van der Waals surface area (Å²) in [5.41, 5.74) is 0.769. The van der Waals surface area contributed by atoms with Crippen molar-refractivity contribution in [2.75, 3.05) is 0 Å². The van der Waals surface area contributed by atoms with Crippen LogP contribution in [0.5, 0.6) is 0 Å². The lowest BCUT2D eigenvalue weighted by molar-refractivity contribution is -0.203. The van der Waals surface area contributed by atoms with E-state index in [-0.39, 0.29) is 12.2 Å². The highest BCUT2D eigenvalue weighted by Crippen LogP contribution is 2.69. The van der Waals surface area contributed by atoms with Crippen LogP contribution in [0.3, 0.4) is 0 Å². The van der Waals surface area contributed by atoms with E-state index < -0.39 is 0 Å². The van der Waals surface area contributed by atoms with Gasteiger partial charge in [-0.25, -0.2) is 0 Å². The summed E-state index contributed by atoms with van der Waals surface area (Å²) in [6, 6.07) is 0. The van der Waals surface area contributed by atoms with Gasteiger partial charge in [0.2, 0.25) is 0 Å². The van der Waals surface area contributed by atoms with Gasteiger partial charge in [0.1, 0.15) is 0 Å². The molecule has 0 radical (unpaired) electrons. The van der Waals surface area contributed by atoms with Crippen LogP contribution in [0.2, 0.25) is 0 Å². The first-order valence-corrected chi connectivity index (χ1v) is 12.6. The van der Waals surface area contributed by atoms with Crippen molar-refractivity contribution in [1.29, 1.82) is 0 Å². The Kier molecular flexibility index (Phi) is 5.71. The van der Waals surface area contributed by atoms with Crippen molar-refractivity contribution in [3.63, 3.8) is 0 Å². The number of aliphatic hydroxyl groups is 2. The van der Waals surface area contributed by atoms with Crippen LogP contribution >= 0.6 is 0 Å². The van der Waals surface area contributed by atoms with Crippen LogP contribution in [0, 0.1) is 52.3 Å². The summed E-state index contributed by atoms with van der Waals surface area (Å²) in [6.45, 7) is 12.3. The summed E-state index contributed by atoms with van der Waals surface area (Å²) < 4.78 is 0. The molecule has 4 aliphatic carbocycles. The van der Waals surface area contributed by atoms with Crippen LogP contribution in [-0.2, 0) is 0 Å². The van der Waals surface area contributed by atoms with E-state index in [0.717, 1.165) is 31.1 Å². The zero-order chi connectivity index (χ0) is 20.3. The minimum atomic E-state index is -0.150. The third kappa shape index (κ3) is 2.95. The van der Waals surface area contributed by atoms with Gasteiger partial charge in [-0.15, -0.1) is 0 Å². The second kappa shape index (κ2) is 7.56. The summed E-state index contributed by atoms with van der Waals surface area (Å²) in [6.07, 6.45) is 11.9. The largest absolute Gasteiger partial charge is 0.393 e. The first kappa shape index (κ1) is 21.2. The summed E-state index contributed by atoms with van der Waals surface area (Å²) in [5, 5.41) is 22.1. The minimum absolute atomic E-state index is 0.143. The monoisotopic (exact) mass is 390 g/mol. The maximum absolute atomic E-state index is 11.7. The fourth-order valence-corrected chi connectivity index (χ4v) is 9.59. The molecule has 4 unspecified atom stereocenters. The molecule has 2 nitrogen and oxygen atoms in total. The Morgan fingerprint density at radius 3 is 2.25 bits per heavy atom. The van der Waals surface area contributed by atoms with Crippen molar-refractivity contribution >= 4 is 0 Å². The van der Waals surface area contributed by atoms with Gasteiger partial charge in [-0.1, -0.05) is 53.9 Å². The SMILES string of the molecule is CCC[C@@H](C)[C@H]1CC[C@H]2[C@@H]3C(O)C(CC)C4CC(O)CC[C@]4(C)[C@H]3CC[C@]12C. The second-order valence-electron chi connectivity index (χ2n) is 11.9. The molecule has 0 heterocycles. The van der Waals surface area contributed by atoms with Crippen molar-refractivity contribution < 1.29 is 10.2 Å². The predicted octanol–water partition coefficient (Wildman–Crippen LogP) is 6.05. The lowest BCUT2D eigenvalue weighted by atomic mass is 9.41. The van der Waals surface area contributed by atoms with Crippen molar-refractivity contribution in [2.45, 2.75) is 111 Å². The summed E-state index contributed by atoms with van der Waals surface area (Å²) in [7, 11) is 0. The Morgan fingerprint density at radius 2 is 1.57 bits per heavy atom. The van der Waals surface area contributed by atoms with E-state index in [1.54, 1.807) is 0 Å². The van der Waals surface area contributed by atoms with Crippen LogP contribution in [0.1, 0.15) is 98.8 Å². The fraction of sp³-hybridized carbons (Fsp3) is 1.00. The number of hydrogen-bond acceptors (Lipinski definition) is 2. The Bertz CT molecular complexity index is 561. The van der Waals surface area contributed by atoms with E-state index in [0.29, 0.717) is 40.4 Å². The Balaban J connectivity index is 1.67. The summed E-state index contributed by atoms with van der Waals surface area (Å²) in [4.78, 5) is 0. The normalized spacial score (nSPS) is 54.5. The number of fused-ring (bicyclic) bond motifs is 5. The third-order valence-electron chi connectivity index (χ3n) is 10.9. The van der Waals surface area contributed by atoms with Gasteiger partial charge in [-0.3, -0.25) is 0 Å². The molecule has 0 aromatic heterocycles. The van der Waals surface area contributed by atoms with Gasteiger partial charge in [0.25, 0.3) is 0 Å². The fourth-order valence-electron chi connectivity index (χ4n) is 9.59. The predicted molar refractivity (Wildman–Crippen MR) is 116 cm³/mol. The lowest BCUT2D eigenvalue weighted by Gasteiger charge is -2.64. The van der Waals surface area contributed by atoms with Crippen LogP contribution in [0.15, 0.2) is 0 Å². The maximum atomic E-state index is 11.7. The lowest BCUT2D eigenvalue weighted by Crippen LogP contribution is -2.62. The molecule has 162 valence electrons. The van der Waals surface area contributed by atoms with Crippen LogP contribution in [0.25, 0.3) is 0 Å². The van der Waals surface area contributed by atoms with E-state index in [1.807, 2.05) is 0 Å². The molecule has 2 heteroatoms. The summed E-state index contributed by atoms with van der Waals surface area (Å²) >= 11 is 0. The van der Waals surface area contributed by atoms with Crippen molar-refractivity contribution in [2.24, 2.45) is 52.3 Å². The standard InChI is InChI=1S/C26H46O2/c1-6-8-16(3)19-9-10-20-23-21(12-14-25(19,20)4)26(5)13-11-17(27)15-22(26)18(7-2)24(23)28/h16-24,27-28H,6-15H2,1-5H3/t16-,17?,18?,19-,20+,21+,22?,23+,24?,25-,26-/m1/s1. The van der Waals surface area contributed by atoms with Crippen molar-refractivity contribution in [3.05, 3.63) is 0 Å². The number of rotatable bonds is 4. The van der Waals surface area contributed by atoms with E-state index in [1.165, 1.54) is 44.9 Å². The van der Waals surface area contributed by atoms with Crippen molar-refractivity contribution in [1.82, 2.24) is 0 Å². The number of aliphatic hydroxyl groups excluding tert-OH is 2. The van der Waals surface area contributed by atoms with E-state index in [9.17, 15) is 10.2 Å². The van der Waals surface area contributed by atoms with E-state index in [2.05, 4.69) is 34.6 Å². The van der Waals surface area contributed by atoms with Gasteiger partial charge < -0.3 is 10.2 Å². The first-order valence-electron chi connectivity index (χ1n) is 12.6. The maximum Gasteiger partial charge on any atom is 0.0605 e. The molecule has 4 aliphatic rings. The van der Waals surface area contributed by atoms with Crippen LogP contribution < -0.4 is 0 Å². The zero-order valence-electron chi connectivity index (χ0n) is 19.2. The highest BCUT2D eigenvalue weighted by molar-refractivity contribution is 5.13. The molecule has 2 N–H and O–H groups in total. The summed E-state index contributed by atoms with van der Waals surface area (Å²) in [5.74, 6) is 4.45. The number of hydrogen-bond donors (Lipinski definition) is 2. The average molecular weight is 391 g/mol. The average Bonchev–Trinajstić information content (AvgIpc) is 3.01. The molecule has 0 bridgehead atoms. The molecule has 4 fully saturated rings. The molecule has 0 aliphatic heterocycles. The molecule has 0 amide bonds. The topological polar surface area (TPSA) is 40.5 Å². The zero-order valence-corrected chi connectivity index (χ0v) is 19.2. The minimum Gasteiger partial charge on any atom is -0.393 e. The van der Waals surface area contributed by atoms with Gasteiger partial charge >= 0.3 is 0 Å². The molecule has 28 heavy (non-hydrogen) atoms. The third-order valence-corrected chi connectivity index (χ3v) is 10.9. The van der Waals surface area contributed by atoms with Gasteiger partial charge in [0, 0.05) is 0 Å².